The number of aromatic nitrogens is 1. The van der Waals surface area contributed by atoms with E-state index in [2.05, 4.69) is 33.1 Å². The molecule has 19 heavy (non-hydrogen) atoms. The van der Waals surface area contributed by atoms with E-state index in [1.807, 2.05) is 30.3 Å². The van der Waals surface area contributed by atoms with Crippen LogP contribution in [0, 0.1) is 6.20 Å². The van der Waals surface area contributed by atoms with Crippen LogP contribution in [0.1, 0.15) is 0 Å². The monoisotopic (exact) mass is 272 g/mol. The third-order valence-corrected chi connectivity index (χ3v) is 3.64. The van der Waals surface area contributed by atoms with Gasteiger partial charge in [-0.25, -0.2) is 4.98 Å². The van der Waals surface area contributed by atoms with Crippen LogP contribution in [-0.2, 0) is 0 Å². The molecule has 0 saturated carbocycles. The molecule has 0 N–H and O–H groups in total. The van der Waals surface area contributed by atoms with E-state index in [4.69, 9.17) is 11.6 Å². The van der Waals surface area contributed by atoms with Crippen molar-refractivity contribution in [1.82, 2.24) is 4.98 Å². The van der Waals surface area contributed by atoms with Crippen LogP contribution >= 0.6 is 11.6 Å². The van der Waals surface area contributed by atoms with Gasteiger partial charge in [0.1, 0.15) is 5.82 Å². The highest BCUT2D eigenvalue weighted by Crippen LogP contribution is 2.20. The summed E-state index contributed by atoms with van der Waals surface area (Å²) in [6.45, 7) is 3.96. The Morgan fingerprint density at radius 2 is 1.63 bits per heavy atom. The molecule has 0 bridgehead atoms. The van der Waals surface area contributed by atoms with Crippen molar-refractivity contribution in [3.8, 4) is 0 Å². The van der Waals surface area contributed by atoms with Crippen LogP contribution in [0.4, 0.5) is 11.5 Å². The number of anilines is 2. The molecule has 0 atom stereocenters. The Morgan fingerprint density at radius 3 is 2.26 bits per heavy atom. The highest BCUT2D eigenvalue weighted by atomic mass is 35.5. The Bertz CT molecular complexity index is 519. The molecule has 0 spiro atoms. The highest BCUT2D eigenvalue weighted by Gasteiger charge is 2.17. The third kappa shape index (κ3) is 2.82. The van der Waals surface area contributed by atoms with Gasteiger partial charge in [0.15, 0.2) is 0 Å². The van der Waals surface area contributed by atoms with E-state index < -0.39 is 0 Å². The number of pyridine rings is 1. The van der Waals surface area contributed by atoms with Gasteiger partial charge in [0.05, 0.1) is 6.20 Å². The van der Waals surface area contributed by atoms with E-state index >= 15 is 0 Å². The number of halogens is 1. The van der Waals surface area contributed by atoms with E-state index in [1.165, 1.54) is 5.69 Å². The Balaban J connectivity index is 1.65. The fourth-order valence-corrected chi connectivity index (χ4v) is 2.47. The average molecular weight is 273 g/mol. The summed E-state index contributed by atoms with van der Waals surface area (Å²) in [5.74, 6) is 1.01. The second-order valence-electron chi connectivity index (χ2n) is 4.58. The predicted octanol–water partition coefficient (Wildman–Crippen LogP) is 2.86. The highest BCUT2D eigenvalue weighted by molar-refractivity contribution is 6.30. The Hall–Kier alpha value is -1.74. The van der Waals surface area contributed by atoms with Gasteiger partial charge in [0.2, 0.25) is 0 Å². The molecule has 4 heteroatoms. The molecule has 97 valence electrons. The van der Waals surface area contributed by atoms with Crippen LogP contribution in [0.2, 0.25) is 5.02 Å². The van der Waals surface area contributed by atoms with Gasteiger partial charge in [-0.3, -0.25) is 0 Å². The molecule has 3 nitrogen and oxygen atoms in total. The van der Waals surface area contributed by atoms with Crippen LogP contribution in [0.15, 0.2) is 42.5 Å². The van der Waals surface area contributed by atoms with E-state index in [9.17, 15) is 0 Å². The van der Waals surface area contributed by atoms with Gasteiger partial charge in [-0.1, -0.05) is 17.7 Å². The molecule has 1 radical (unpaired) electrons. The summed E-state index contributed by atoms with van der Waals surface area (Å²) in [5, 5.41) is 0.784. The summed E-state index contributed by atoms with van der Waals surface area (Å²) in [6.07, 6.45) is 2.89. The molecular weight excluding hydrogens is 258 g/mol. The summed E-state index contributed by atoms with van der Waals surface area (Å²) in [4.78, 5) is 8.95. The van der Waals surface area contributed by atoms with Gasteiger partial charge < -0.3 is 9.80 Å². The largest absolute Gasteiger partial charge is 0.368 e. The molecular formula is C15H15ClN3. The predicted molar refractivity (Wildman–Crippen MR) is 79.0 cm³/mol. The zero-order valence-electron chi connectivity index (χ0n) is 10.6. The van der Waals surface area contributed by atoms with Gasteiger partial charge in [-0.15, -0.1) is 0 Å². The molecule has 0 amide bonds. The van der Waals surface area contributed by atoms with Crippen molar-refractivity contribution in [2.24, 2.45) is 0 Å². The smallest absolute Gasteiger partial charge is 0.129 e. The fourth-order valence-electron chi connectivity index (χ4n) is 2.34. The quantitative estimate of drug-likeness (QED) is 0.838. The van der Waals surface area contributed by atoms with Gasteiger partial charge in [-0.05, 0) is 36.4 Å². The average Bonchev–Trinajstić information content (AvgIpc) is 2.49. The van der Waals surface area contributed by atoms with Crippen molar-refractivity contribution in [2.75, 3.05) is 36.0 Å². The maximum absolute atomic E-state index is 5.92. The summed E-state index contributed by atoms with van der Waals surface area (Å²) in [6, 6.07) is 13.9. The molecule has 2 aromatic rings. The molecule has 3 rings (SSSR count). The first-order valence-corrected chi connectivity index (χ1v) is 6.79. The molecule has 2 heterocycles. The van der Waals surface area contributed by atoms with Gasteiger partial charge in [0.25, 0.3) is 0 Å². The van der Waals surface area contributed by atoms with Crippen LogP contribution in [-0.4, -0.2) is 31.2 Å². The molecule has 1 aliphatic rings. The van der Waals surface area contributed by atoms with Crippen molar-refractivity contribution in [3.63, 3.8) is 0 Å². The lowest BCUT2D eigenvalue weighted by Crippen LogP contribution is -2.46. The lowest BCUT2D eigenvalue weighted by molar-refractivity contribution is 0.647. The summed E-state index contributed by atoms with van der Waals surface area (Å²) < 4.78 is 0. The van der Waals surface area contributed by atoms with Crippen molar-refractivity contribution < 1.29 is 0 Å². The lowest BCUT2D eigenvalue weighted by atomic mass is 10.2. The standard InChI is InChI=1S/C15H15ClN3/c16-13-4-6-14(7-5-13)18-9-11-19(12-10-18)15-3-1-2-8-17-15/h1-7H,9-12H2. The van der Waals surface area contributed by atoms with Crippen LogP contribution in [0.25, 0.3) is 0 Å². The molecule has 1 aliphatic heterocycles. The zero-order valence-corrected chi connectivity index (χ0v) is 11.3. The normalized spacial score (nSPS) is 15.6. The van der Waals surface area contributed by atoms with Crippen molar-refractivity contribution in [1.29, 1.82) is 0 Å². The van der Waals surface area contributed by atoms with E-state index in [0.717, 1.165) is 37.0 Å². The lowest BCUT2D eigenvalue weighted by Gasteiger charge is -2.36. The number of piperazine rings is 1. The third-order valence-electron chi connectivity index (χ3n) is 3.39. The van der Waals surface area contributed by atoms with Gasteiger partial charge in [-0.2, -0.15) is 0 Å². The number of nitrogens with zero attached hydrogens (tertiary/aromatic N) is 3. The van der Waals surface area contributed by atoms with E-state index in [0.29, 0.717) is 0 Å². The van der Waals surface area contributed by atoms with Crippen LogP contribution in [0.5, 0.6) is 0 Å². The molecule has 1 fully saturated rings. The molecule has 1 aromatic heterocycles. The number of rotatable bonds is 2. The SMILES string of the molecule is Clc1ccc(N2CCN(c3ccc[c]n3)CC2)cc1. The van der Waals surface area contributed by atoms with Crippen molar-refractivity contribution in [2.45, 2.75) is 0 Å². The minimum Gasteiger partial charge on any atom is -0.368 e. The second kappa shape index (κ2) is 5.49. The molecule has 1 aromatic carbocycles. The first kappa shape index (κ1) is 12.3. The Kier molecular flexibility index (Phi) is 3.56. The minimum atomic E-state index is 0.784. The Morgan fingerprint density at radius 1 is 0.947 bits per heavy atom. The van der Waals surface area contributed by atoms with E-state index in [1.54, 1.807) is 0 Å². The van der Waals surface area contributed by atoms with Gasteiger partial charge >= 0.3 is 0 Å². The first-order valence-electron chi connectivity index (χ1n) is 6.41. The van der Waals surface area contributed by atoms with Crippen LogP contribution < -0.4 is 9.80 Å². The molecule has 0 aliphatic carbocycles. The maximum atomic E-state index is 5.92. The van der Waals surface area contributed by atoms with Crippen molar-refractivity contribution >= 4 is 23.1 Å². The zero-order chi connectivity index (χ0) is 13.1. The number of hydrogen-bond donors (Lipinski definition) is 0. The topological polar surface area (TPSA) is 19.4 Å². The first-order chi connectivity index (χ1) is 9.33. The second-order valence-corrected chi connectivity index (χ2v) is 5.01. The number of hydrogen-bond acceptors (Lipinski definition) is 3. The fraction of sp³-hybridized carbons (Fsp3) is 0.267. The van der Waals surface area contributed by atoms with Gasteiger partial charge in [0, 0.05) is 36.9 Å². The Labute approximate surface area is 118 Å². The number of benzene rings is 1. The van der Waals surface area contributed by atoms with Crippen molar-refractivity contribution in [3.05, 3.63) is 53.7 Å². The minimum absolute atomic E-state index is 0.784. The van der Waals surface area contributed by atoms with E-state index in [-0.39, 0.29) is 0 Å². The van der Waals surface area contributed by atoms with Crippen LogP contribution in [0.3, 0.4) is 0 Å². The summed E-state index contributed by atoms with van der Waals surface area (Å²) >= 11 is 5.92. The molecule has 0 unspecified atom stereocenters. The summed E-state index contributed by atoms with van der Waals surface area (Å²) in [7, 11) is 0. The maximum Gasteiger partial charge on any atom is 0.129 e. The summed E-state index contributed by atoms with van der Waals surface area (Å²) in [5.41, 5.74) is 1.23. The molecule has 1 saturated heterocycles.